The van der Waals surface area contributed by atoms with Crippen molar-refractivity contribution in [1.29, 1.82) is 0 Å². The second-order valence-electron chi connectivity index (χ2n) is 6.23. The van der Waals surface area contributed by atoms with Crippen LogP contribution < -0.4 is 10.6 Å². The van der Waals surface area contributed by atoms with Gasteiger partial charge in [0.15, 0.2) is 5.76 Å². The molecule has 1 aliphatic rings. The lowest BCUT2D eigenvalue weighted by Crippen LogP contribution is -2.22. The summed E-state index contributed by atoms with van der Waals surface area (Å²) in [5.41, 5.74) is 2.90. The molecule has 132 valence electrons. The molecule has 0 radical (unpaired) electrons. The van der Waals surface area contributed by atoms with Crippen LogP contribution in [0.4, 0.5) is 5.69 Å². The molecule has 0 unspecified atom stereocenters. The summed E-state index contributed by atoms with van der Waals surface area (Å²) < 4.78 is 5.08. The number of fused-ring (bicyclic) bond motifs is 1. The molecule has 3 aromatic rings. The van der Waals surface area contributed by atoms with E-state index in [0.29, 0.717) is 12.2 Å². The topological polar surface area (TPSA) is 71.3 Å². The summed E-state index contributed by atoms with van der Waals surface area (Å²) in [5, 5.41) is 5.74. The second-order valence-corrected chi connectivity index (χ2v) is 7.36. The zero-order valence-corrected chi connectivity index (χ0v) is 14.9. The average molecular weight is 366 g/mol. The first-order chi connectivity index (χ1) is 12.7. The molecule has 1 aromatic carbocycles. The zero-order chi connectivity index (χ0) is 17.9. The van der Waals surface area contributed by atoms with Crippen LogP contribution >= 0.6 is 11.3 Å². The van der Waals surface area contributed by atoms with E-state index < -0.39 is 0 Å². The molecular formula is C20H18N2O3S. The van der Waals surface area contributed by atoms with Gasteiger partial charge in [0, 0.05) is 17.1 Å². The number of nitrogens with one attached hydrogen (secondary N) is 2. The molecule has 0 atom stereocenters. The van der Waals surface area contributed by atoms with Crippen LogP contribution in [0.3, 0.4) is 0 Å². The summed E-state index contributed by atoms with van der Waals surface area (Å²) >= 11 is 1.60. The normalized spacial score (nSPS) is 12.6. The Morgan fingerprint density at radius 1 is 1.08 bits per heavy atom. The van der Waals surface area contributed by atoms with Gasteiger partial charge in [-0.05, 0) is 60.7 Å². The van der Waals surface area contributed by atoms with Gasteiger partial charge < -0.3 is 15.1 Å². The Kier molecular flexibility index (Phi) is 4.58. The smallest absolute Gasteiger partial charge is 0.291 e. The minimum atomic E-state index is -0.302. The molecule has 0 saturated carbocycles. The van der Waals surface area contributed by atoms with Gasteiger partial charge in [-0.2, -0.15) is 0 Å². The van der Waals surface area contributed by atoms with Crippen LogP contribution in [0.2, 0.25) is 0 Å². The first kappa shape index (κ1) is 16.6. The van der Waals surface area contributed by atoms with E-state index in [1.54, 1.807) is 29.5 Å². The van der Waals surface area contributed by atoms with Crippen molar-refractivity contribution in [3.8, 4) is 0 Å². The molecule has 0 fully saturated rings. The van der Waals surface area contributed by atoms with E-state index in [0.717, 1.165) is 23.3 Å². The molecule has 2 heterocycles. The van der Waals surface area contributed by atoms with Gasteiger partial charge in [-0.25, -0.2) is 0 Å². The van der Waals surface area contributed by atoms with E-state index in [-0.39, 0.29) is 17.6 Å². The van der Waals surface area contributed by atoms with Gasteiger partial charge in [-0.3, -0.25) is 9.59 Å². The van der Waals surface area contributed by atoms with Crippen molar-refractivity contribution >= 4 is 28.8 Å². The largest absolute Gasteiger partial charge is 0.459 e. The first-order valence-corrected chi connectivity index (χ1v) is 9.34. The van der Waals surface area contributed by atoms with Crippen molar-refractivity contribution in [2.45, 2.75) is 25.8 Å². The Balaban J connectivity index is 1.37. The lowest BCUT2D eigenvalue weighted by atomic mass is 10.2. The third-order valence-corrected chi connectivity index (χ3v) is 5.59. The van der Waals surface area contributed by atoms with Crippen LogP contribution in [0, 0.1) is 0 Å². The van der Waals surface area contributed by atoms with E-state index in [2.05, 4.69) is 10.6 Å². The van der Waals surface area contributed by atoms with E-state index in [9.17, 15) is 9.59 Å². The number of thiophene rings is 1. The van der Waals surface area contributed by atoms with Gasteiger partial charge in [-0.1, -0.05) is 12.1 Å². The zero-order valence-electron chi connectivity index (χ0n) is 14.1. The molecule has 0 aliphatic heterocycles. The molecule has 2 amide bonds. The standard InChI is InChI=1S/C20H18N2O3S/c23-19(16-7-3-9-25-16)22-15-6-1-4-13(10-15)12-21-20(24)18-11-14-5-2-8-17(14)26-18/h1,3-4,6-7,9-11H,2,5,8,12H2,(H,21,24)(H,22,23). The number of carbonyl (C=O) groups excluding carboxylic acids is 2. The fourth-order valence-corrected chi connectivity index (χ4v) is 4.24. The number of benzene rings is 1. The Morgan fingerprint density at radius 3 is 2.81 bits per heavy atom. The fourth-order valence-electron chi connectivity index (χ4n) is 3.07. The van der Waals surface area contributed by atoms with Crippen molar-refractivity contribution in [3.63, 3.8) is 0 Å². The maximum Gasteiger partial charge on any atom is 0.291 e. The van der Waals surface area contributed by atoms with Crippen LogP contribution in [-0.2, 0) is 19.4 Å². The molecule has 4 rings (SSSR count). The van der Waals surface area contributed by atoms with Gasteiger partial charge in [-0.15, -0.1) is 11.3 Å². The van der Waals surface area contributed by atoms with Crippen molar-refractivity contribution in [2.24, 2.45) is 0 Å². The van der Waals surface area contributed by atoms with Crippen molar-refractivity contribution in [3.05, 3.63) is 75.4 Å². The van der Waals surface area contributed by atoms with E-state index >= 15 is 0 Å². The molecule has 6 heteroatoms. The van der Waals surface area contributed by atoms with Gasteiger partial charge >= 0.3 is 0 Å². The van der Waals surface area contributed by atoms with E-state index in [1.165, 1.54) is 23.1 Å². The Labute approximate surface area is 155 Å². The minimum absolute atomic E-state index is 0.0468. The van der Waals surface area contributed by atoms with Crippen LogP contribution in [0.25, 0.3) is 0 Å². The molecule has 0 saturated heterocycles. The molecule has 1 aliphatic carbocycles. The summed E-state index contributed by atoms with van der Waals surface area (Å²) in [6, 6.07) is 12.7. The quantitative estimate of drug-likeness (QED) is 0.717. The van der Waals surface area contributed by atoms with Gasteiger partial charge in [0.25, 0.3) is 11.8 Å². The SMILES string of the molecule is O=C(Nc1cccc(CNC(=O)c2cc3c(s2)CCC3)c1)c1ccco1. The van der Waals surface area contributed by atoms with Crippen LogP contribution in [0.5, 0.6) is 0 Å². The third-order valence-electron chi connectivity index (χ3n) is 4.35. The highest BCUT2D eigenvalue weighted by molar-refractivity contribution is 7.14. The summed E-state index contributed by atoms with van der Waals surface area (Å²) in [6.07, 6.45) is 4.82. The second kappa shape index (κ2) is 7.17. The number of rotatable bonds is 5. The van der Waals surface area contributed by atoms with Crippen LogP contribution in [-0.4, -0.2) is 11.8 Å². The highest BCUT2D eigenvalue weighted by Crippen LogP contribution is 2.30. The predicted molar refractivity (Wildman–Crippen MR) is 101 cm³/mol. The summed E-state index contributed by atoms with van der Waals surface area (Å²) in [5.74, 6) is -0.0897. The monoisotopic (exact) mass is 366 g/mol. The highest BCUT2D eigenvalue weighted by Gasteiger charge is 2.18. The lowest BCUT2D eigenvalue weighted by Gasteiger charge is -2.07. The highest BCUT2D eigenvalue weighted by atomic mass is 32.1. The molecule has 2 aromatic heterocycles. The molecule has 2 N–H and O–H groups in total. The number of anilines is 1. The van der Waals surface area contributed by atoms with Gasteiger partial charge in [0.1, 0.15) is 0 Å². The fraction of sp³-hybridized carbons (Fsp3) is 0.200. The Morgan fingerprint density at radius 2 is 2.00 bits per heavy atom. The van der Waals surface area contributed by atoms with E-state index in [1.807, 2.05) is 24.3 Å². The van der Waals surface area contributed by atoms with Crippen molar-refractivity contribution in [2.75, 3.05) is 5.32 Å². The Hall–Kier alpha value is -2.86. The summed E-state index contributed by atoms with van der Waals surface area (Å²) in [6.45, 7) is 0.409. The van der Waals surface area contributed by atoms with Crippen LogP contribution in [0.1, 0.15) is 42.7 Å². The molecule has 5 nitrogen and oxygen atoms in total. The molecule has 0 spiro atoms. The first-order valence-electron chi connectivity index (χ1n) is 8.52. The molecule has 0 bridgehead atoms. The maximum atomic E-state index is 12.4. The van der Waals surface area contributed by atoms with Gasteiger partial charge in [0.2, 0.25) is 0 Å². The average Bonchev–Trinajstić information content (AvgIpc) is 3.36. The minimum Gasteiger partial charge on any atom is -0.459 e. The van der Waals surface area contributed by atoms with Crippen molar-refractivity contribution in [1.82, 2.24) is 5.32 Å². The number of carbonyl (C=O) groups is 2. The predicted octanol–water partition coefficient (Wildman–Crippen LogP) is 4.01. The lowest BCUT2D eigenvalue weighted by molar-refractivity contribution is 0.0953. The number of furan rings is 1. The number of hydrogen-bond donors (Lipinski definition) is 2. The summed E-state index contributed by atoms with van der Waals surface area (Å²) in [7, 11) is 0. The number of amides is 2. The molecule has 26 heavy (non-hydrogen) atoms. The van der Waals surface area contributed by atoms with Crippen LogP contribution in [0.15, 0.2) is 53.1 Å². The number of hydrogen-bond acceptors (Lipinski definition) is 4. The molecular weight excluding hydrogens is 348 g/mol. The summed E-state index contributed by atoms with van der Waals surface area (Å²) in [4.78, 5) is 26.5. The number of aryl methyl sites for hydroxylation is 2. The Bertz CT molecular complexity index is 922. The van der Waals surface area contributed by atoms with E-state index in [4.69, 9.17) is 4.42 Å². The maximum absolute atomic E-state index is 12.4. The van der Waals surface area contributed by atoms with Crippen molar-refractivity contribution < 1.29 is 14.0 Å². The third kappa shape index (κ3) is 3.55. The van der Waals surface area contributed by atoms with Gasteiger partial charge in [0.05, 0.1) is 11.1 Å².